The lowest BCUT2D eigenvalue weighted by Gasteiger charge is -2.51. The molecule has 1 unspecified atom stereocenters. The Kier molecular flexibility index (Phi) is 11.8. The van der Waals surface area contributed by atoms with Crippen molar-refractivity contribution in [2.24, 2.45) is 29.6 Å². The summed E-state index contributed by atoms with van der Waals surface area (Å²) in [6.07, 6.45) is 12.3. The van der Waals surface area contributed by atoms with Crippen LogP contribution in [0, 0.1) is 29.6 Å². The van der Waals surface area contributed by atoms with Crippen molar-refractivity contribution in [1.82, 2.24) is 0 Å². The van der Waals surface area contributed by atoms with Crippen LogP contribution in [0.3, 0.4) is 0 Å². The zero-order valence-electron chi connectivity index (χ0n) is 25.6. The molecule has 0 aromatic carbocycles. The van der Waals surface area contributed by atoms with Gasteiger partial charge >= 0.3 is 0 Å². The molecule has 3 rings (SSSR count). The summed E-state index contributed by atoms with van der Waals surface area (Å²) < 4.78 is 26.7. The Bertz CT molecular complexity index is 680. The molecule has 37 heavy (non-hydrogen) atoms. The molecular weight excluding hydrogens is 476 g/mol. The first-order chi connectivity index (χ1) is 17.6. The summed E-state index contributed by atoms with van der Waals surface area (Å²) in [6.45, 7) is 23.7. The zero-order chi connectivity index (χ0) is 27.2. The number of ether oxygens (including phenoxy) is 3. The molecule has 0 amide bonds. The standard InChI is InChI=1S/C32H60O4Si/c1-10-23(5)14-16-28-24(6)18-20-32(34-28)21-19-26(8)31(35-32)25(7)15-17-29(27(9)30-22-33-30)36-37(11-2,12-3)13-4/h10,23-31H,1,11-22H2,2-9H3/t23-,24-,25-,26+,27+,28+,29+,30?,31+,32-/m1/s1. The lowest BCUT2D eigenvalue weighted by Crippen LogP contribution is -2.53. The van der Waals surface area contributed by atoms with Gasteiger partial charge < -0.3 is 18.6 Å². The molecule has 0 aromatic rings. The van der Waals surface area contributed by atoms with E-state index in [9.17, 15) is 0 Å². The predicted molar refractivity (Wildman–Crippen MR) is 157 cm³/mol. The molecule has 216 valence electrons. The average molecular weight is 537 g/mol. The second-order valence-electron chi connectivity index (χ2n) is 13.2. The lowest BCUT2D eigenvalue weighted by molar-refractivity contribution is -0.338. The first-order valence-corrected chi connectivity index (χ1v) is 18.4. The van der Waals surface area contributed by atoms with Crippen molar-refractivity contribution in [3.05, 3.63) is 12.7 Å². The van der Waals surface area contributed by atoms with E-state index in [1.807, 2.05) is 0 Å². The maximum Gasteiger partial charge on any atom is 0.192 e. The average Bonchev–Trinajstić information content (AvgIpc) is 3.76. The quantitative estimate of drug-likeness (QED) is 0.119. The van der Waals surface area contributed by atoms with Gasteiger partial charge in [0.15, 0.2) is 14.1 Å². The molecule has 3 heterocycles. The van der Waals surface area contributed by atoms with Gasteiger partial charge in [-0.2, -0.15) is 0 Å². The number of rotatable bonds is 15. The summed E-state index contributed by atoms with van der Waals surface area (Å²) in [5, 5.41) is 0. The van der Waals surface area contributed by atoms with E-state index in [1.165, 1.54) is 31.0 Å². The molecule has 3 aliphatic heterocycles. The molecule has 0 radical (unpaired) electrons. The van der Waals surface area contributed by atoms with E-state index in [-0.39, 0.29) is 11.9 Å². The largest absolute Gasteiger partial charge is 0.414 e. The molecule has 0 N–H and O–H groups in total. The Morgan fingerprint density at radius 2 is 1.57 bits per heavy atom. The monoisotopic (exact) mass is 536 g/mol. The van der Waals surface area contributed by atoms with E-state index in [2.05, 4.69) is 68.0 Å². The van der Waals surface area contributed by atoms with Gasteiger partial charge in [-0.1, -0.05) is 61.5 Å². The summed E-state index contributed by atoms with van der Waals surface area (Å²) in [4.78, 5) is 0. The van der Waals surface area contributed by atoms with Gasteiger partial charge in [-0.25, -0.2) is 0 Å². The highest BCUT2D eigenvalue weighted by Crippen LogP contribution is 2.46. The second-order valence-corrected chi connectivity index (χ2v) is 17.9. The van der Waals surface area contributed by atoms with Crippen molar-refractivity contribution in [3.63, 3.8) is 0 Å². The highest BCUT2D eigenvalue weighted by Gasteiger charge is 2.48. The Morgan fingerprint density at radius 3 is 2.14 bits per heavy atom. The number of hydrogen-bond acceptors (Lipinski definition) is 4. The summed E-state index contributed by atoms with van der Waals surface area (Å²) in [7, 11) is -1.66. The van der Waals surface area contributed by atoms with Crippen molar-refractivity contribution in [3.8, 4) is 0 Å². The fourth-order valence-electron chi connectivity index (χ4n) is 6.90. The molecule has 0 saturated carbocycles. The van der Waals surface area contributed by atoms with Crippen LogP contribution in [0.25, 0.3) is 0 Å². The molecule has 3 saturated heterocycles. The van der Waals surface area contributed by atoms with Crippen molar-refractivity contribution in [2.75, 3.05) is 6.61 Å². The maximum atomic E-state index is 7.09. The highest BCUT2D eigenvalue weighted by molar-refractivity contribution is 6.73. The Balaban J connectivity index is 1.63. The molecular formula is C32H60O4Si. The van der Waals surface area contributed by atoms with Crippen LogP contribution in [0.2, 0.25) is 18.1 Å². The molecule has 0 aromatic heterocycles. The van der Waals surface area contributed by atoms with E-state index in [0.29, 0.717) is 47.9 Å². The lowest BCUT2D eigenvalue weighted by atomic mass is 9.79. The van der Waals surface area contributed by atoms with Crippen LogP contribution < -0.4 is 0 Å². The second kappa shape index (κ2) is 13.9. The van der Waals surface area contributed by atoms with Crippen molar-refractivity contribution in [1.29, 1.82) is 0 Å². The fourth-order valence-corrected chi connectivity index (χ4v) is 9.87. The summed E-state index contributed by atoms with van der Waals surface area (Å²) >= 11 is 0. The number of epoxide rings is 1. The minimum Gasteiger partial charge on any atom is -0.414 e. The topological polar surface area (TPSA) is 40.2 Å². The zero-order valence-corrected chi connectivity index (χ0v) is 26.6. The molecule has 0 aliphatic carbocycles. The summed E-state index contributed by atoms with van der Waals surface area (Å²) in [5.74, 6) is 2.31. The third-order valence-electron chi connectivity index (χ3n) is 10.5. The summed E-state index contributed by atoms with van der Waals surface area (Å²) in [5.41, 5.74) is 0. The predicted octanol–water partition coefficient (Wildman–Crippen LogP) is 8.76. The van der Waals surface area contributed by atoms with E-state index in [4.69, 9.17) is 18.6 Å². The molecule has 3 fully saturated rings. The smallest absolute Gasteiger partial charge is 0.192 e. The SMILES string of the molecule is C=C[C@@H](C)CC[C@@H]1O[C@@]2(CC[C@H]1C)CC[C@H](C)[C@H]([C@H](C)CC[C@H](O[Si](CC)(CC)CC)[C@H](C)C1CO1)O2. The van der Waals surface area contributed by atoms with E-state index < -0.39 is 8.32 Å². The Labute approximate surface area is 230 Å². The van der Waals surface area contributed by atoms with Gasteiger partial charge in [0.1, 0.15) is 0 Å². The third kappa shape index (κ3) is 8.16. The van der Waals surface area contributed by atoms with Crippen molar-refractivity contribution in [2.45, 2.75) is 155 Å². The first-order valence-electron chi connectivity index (χ1n) is 15.9. The Morgan fingerprint density at radius 1 is 0.946 bits per heavy atom. The third-order valence-corrected chi connectivity index (χ3v) is 15.2. The van der Waals surface area contributed by atoms with Crippen LogP contribution in [-0.4, -0.2) is 45.1 Å². The van der Waals surface area contributed by atoms with Crippen LogP contribution >= 0.6 is 0 Å². The van der Waals surface area contributed by atoms with Crippen molar-refractivity contribution >= 4 is 8.32 Å². The minimum absolute atomic E-state index is 0.258. The van der Waals surface area contributed by atoms with Crippen LogP contribution in [-0.2, 0) is 18.6 Å². The van der Waals surface area contributed by atoms with E-state index in [0.717, 1.165) is 45.1 Å². The Hall–Kier alpha value is -0.203. The van der Waals surface area contributed by atoms with Crippen LogP contribution in [0.1, 0.15) is 107 Å². The molecule has 3 aliphatic rings. The highest BCUT2D eigenvalue weighted by atomic mass is 28.4. The van der Waals surface area contributed by atoms with Crippen LogP contribution in [0.15, 0.2) is 12.7 Å². The van der Waals surface area contributed by atoms with Gasteiger partial charge in [0, 0.05) is 18.8 Å². The number of allylic oxidation sites excluding steroid dienone is 1. The molecule has 4 nitrogen and oxygen atoms in total. The van der Waals surface area contributed by atoms with Crippen LogP contribution in [0.4, 0.5) is 0 Å². The van der Waals surface area contributed by atoms with Gasteiger partial charge in [0.05, 0.1) is 31.0 Å². The first kappa shape index (κ1) is 31.3. The fraction of sp³-hybridized carbons (Fsp3) is 0.938. The van der Waals surface area contributed by atoms with Crippen LogP contribution in [0.5, 0.6) is 0 Å². The van der Waals surface area contributed by atoms with Gasteiger partial charge in [-0.15, -0.1) is 6.58 Å². The van der Waals surface area contributed by atoms with E-state index in [1.54, 1.807) is 0 Å². The van der Waals surface area contributed by atoms with Gasteiger partial charge in [-0.05, 0) is 80.3 Å². The number of hydrogen-bond donors (Lipinski definition) is 0. The van der Waals surface area contributed by atoms with E-state index >= 15 is 0 Å². The van der Waals surface area contributed by atoms with Gasteiger partial charge in [0.25, 0.3) is 0 Å². The molecule has 5 heteroatoms. The minimum atomic E-state index is -1.66. The summed E-state index contributed by atoms with van der Waals surface area (Å²) in [6, 6.07) is 3.62. The normalized spacial score (nSPS) is 35.6. The van der Waals surface area contributed by atoms with Crippen molar-refractivity contribution < 1.29 is 18.6 Å². The molecule has 10 atom stereocenters. The molecule has 0 bridgehead atoms. The maximum absolute atomic E-state index is 7.09. The van der Waals surface area contributed by atoms with Gasteiger partial charge in [-0.3, -0.25) is 0 Å². The van der Waals surface area contributed by atoms with Gasteiger partial charge in [0.2, 0.25) is 0 Å². The molecule has 1 spiro atoms.